The van der Waals surface area contributed by atoms with Gasteiger partial charge in [-0.2, -0.15) is 0 Å². The molecule has 0 aromatic heterocycles. The van der Waals surface area contributed by atoms with Crippen LogP contribution in [0.15, 0.2) is 30.8 Å². The van der Waals surface area contributed by atoms with Crippen molar-refractivity contribution in [2.45, 2.75) is 27.2 Å². The Morgan fingerprint density at radius 1 is 0.923 bits per heavy atom. The molecule has 3 rings (SSSR count). The van der Waals surface area contributed by atoms with Crippen LogP contribution in [-0.4, -0.2) is 25.4 Å². The number of aryl methyl sites for hydroxylation is 2. The maximum atomic E-state index is 13.4. The van der Waals surface area contributed by atoms with E-state index in [0.29, 0.717) is 11.3 Å². The number of nitrogen functional groups attached to an aromatic ring is 1. The Labute approximate surface area is 155 Å². The van der Waals surface area contributed by atoms with Crippen LogP contribution in [0.25, 0.3) is 5.57 Å². The lowest BCUT2D eigenvalue weighted by Crippen LogP contribution is -2.25. The minimum atomic E-state index is 0.0277. The van der Waals surface area contributed by atoms with Crippen molar-refractivity contribution >= 4 is 22.7 Å². The minimum Gasteiger partial charge on any atom is -0.398 e. The standard InChI is InChI=1S/C22H27N3O/c1-5-10-24-11-12-25-17-9-8-16(23)20-15(4)18-13(2)6-7-14(3)19(18)22(26)21(17)20/h6-9,24-25H,4-5,10-12,23H2,1-3H3. The van der Waals surface area contributed by atoms with Crippen molar-refractivity contribution < 1.29 is 4.79 Å². The normalized spacial score (nSPS) is 12.7. The molecule has 0 saturated heterocycles. The van der Waals surface area contributed by atoms with Crippen molar-refractivity contribution in [2.75, 3.05) is 30.7 Å². The van der Waals surface area contributed by atoms with Crippen LogP contribution in [0.1, 0.15) is 51.5 Å². The molecule has 0 spiro atoms. The third-order valence-corrected chi connectivity index (χ3v) is 4.96. The molecule has 1 aliphatic rings. The maximum absolute atomic E-state index is 13.4. The largest absolute Gasteiger partial charge is 0.398 e. The second kappa shape index (κ2) is 7.34. The molecule has 0 aliphatic heterocycles. The van der Waals surface area contributed by atoms with Crippen molar-refractivity contribution in [3.63, 3.8) is 0 Å². The molecule has 0 atom stereocenters. The molecular formula is C22H27N3O. The van der Waals surface area contributed by atoms with Gasteiger partial charge in [-0.05, 0) is 61.2 Å². The Bertz CT molecular complexity index is 883. The average Bonchev–Trinajstić information content (AvgIpc) is 2.62. The van der Waals surface area contributed by atoms with E-state index in [0.717, 1.165) is 65.1 Å². The summed E-state index contributed by atoms with van der Waals surface area (Å²) in [6.45, 7) is 13.0. The Morgan fingerprint density at radius 3 is 2.31 bits per heavy atom. The molecule has 0 amide bonds. The predicted octanol–water partition coefficient (Wildman–Crippen LogP) is 3.90. The topological polar surface area (TPSA) is 67.2 Å². The van der Waals surface area contributed by atoms with E-state index in [1.807, 2.05) is 38.1 Å². The first-order valence-corrected chi connectivity index (χ1v) is 9.19. The molecule has 0 heterocycles. The Morgan fingerprint density at radius 2 is 1.62 bits per heavy atom. The number of hydrogen-bond donors (Lipinski definition) is 3. The molecule has 4 heteroatoms. The van der Waals surface area contributed by atoms with E-state index in [2.05, 4.69) is 24.1 Å². The molecule has 2 aromatic rings. The zero-order chi connectivity index (χ0) is 18.8. The predicted molar refractivity (Wildman–Crippen MR) is 110 cm³/mol. The van der Waals surface area contributed by atoms with E-state index in [1.165, 1.54) is 0 Å². The molecule has 1 aliphatic carbocycles. The zero-order valence-corrected chi connectivity index (χ0v) is 15.8. The smallest absolute Gasteiger partial charge is 0.196 e. The summed E-state index contributed by atoms with van der Waals surface area (Å²) < 4.78 is 0. The number of ketones is 1. The first-order chi connectivity index (χ1) is 12.5. The van der Waals surface area contributed by atoms with Gasteiger partial charge in [0.05, 0.1) is 5.56 Å². The van der Waals surface area contributed by atoms with E-state index in [1.54, 1.807) is 0 Å². The molecule has 136 valence electrons. The van der Waals surface area contributed by atoms with Crippen LogP contribution in [0.3, 0.4) is 0 Å². The summed E-state index contributed by atoms with van der Waals surface area (Å²) in [6.07, 6.45) is 1.10. The van der Waals surface area contributed by atoms with E-state index in [9.17, 15) is 4.79 Å². The molecule has 0 bridgehead atoms. The van der Waals surface area contributed by atoms with E-state index in [4.69, 9.17) is 5.73 Å². The summed E-state index contributed by atoms with van der Waals surface area (Å²) in [7, 11) is 0. The summed E-state index contributed by atoms with van der Waals surface area (Å²) in [4.78, 5) is 13.4. The number of rotatable bonds is 6. The van der Waals surface area contributed by atoms with Gasteiger partial charge in [0.1, 0.15) is 0 Å². The molecule has 26 heavy (non-hydrogen) atoms. The van der Waals surface area contributed by atoms with Gasteiger partial charge in [0.25, 0.3) is 0 Å². The fraction of sp³-hybridized carbons (Fsp3) is 0.318. The molecule has 4 nitrogen and oxygen atoms in total. The van der Waals surface area contributed by atoms with E-state index >= 15 is 0 Å². The van der Waals surface area contributed by atoms with Gasteiger partial charge in [0, 0.05) is 35.6 Å². The van der Waals surface area contributed by atoms with Crippen molar-refractivity contribution in [2.24, 2.45) is 0 Å². The lowest BCUT2D eigenvalue weighted by Gasteiger charge is -2.27. The van der Waals surface area contributed by atoms with Crippen molar-refractivity contribution in [1.29, 1.82) is 0 Å². The first-order valence-electron chi connectivity index (χ1n) is 9.19. The van der Waals surface area contributed by atoms with Gasteiger partial charge in [-0.3, -0.25) is 4.79 Å². The molecule has 0 unspecified atom stereocenters. The second-order valence-corrected chi connectivity index (χ2v) is 6.89. The Kier molecular flexibility index (Phi) is 5.14. The average molecular weight is 349 g/mol. The van der Waals surface area contributed by atoms with Gasteiger partial charge in [-0.1, -0.05) is 25.6 Å². The van der Waals surface area contributed by atoms with Crippen molar-refractivity contribution in [3.05, 3.63) is 64.2 Å². The highest BCUT2D eigenvalue weighted by molar-refractivity contribution is 6.23. The fourth-order valence-electron chi connectivity index (χ4n) is 3.66. The highest BCUT2D eigenvalue weighted by atomic mass is 16.1. The molecule has 0 radical (unpaired) electrons. The van der Waals surface area contributed by atoms with Gasteiger partial charge in [-0.15, -0.1) is 0 Å². The van der Waals surface area contributed by atoms with Gasteiger partial charge < -0.3 is 16.4 Å². The summed E-state index contributed by atoms with van der Waals surface area (Å²) in [5, 5.41) is 6.75. The monoisotopic (exact) mass is 349 g/mol. The number of anilines is 2. The lowest BCUT2D eigenvalue weighted by atomic mass is 9.77. The highest BCUT2D eigenvalue weighted by Crippen LogP contribution is 2.43. The molecule has 0 saturated carbocycles. The fourth-order valence-corrected chi connectivity index (χ4v) is 3.66. The number of fused-ring (bicyclic) bond motifs is 2. The maximum Gasteiger partial charge on any atom is 0.196 e. The first kappa shape index (κ1) is 18.2. The van der Waals surface area contributed by atoms with Gasteiger partial charge in [0.2, 0.25) is 0 Å². The van der Waals surface area contributed by atoms with Crippen LogP contribution in [-0.2, 0) is 0 Å². The van der Waals surface area contributed by atoms with E-state index in [-0.39, 0.29) is 5.78 Å². The minimum absolute atomic E-state index is 0.0277. The van der Waals surface area contributed by atoms with Crippen molar-refractivity contribution in [1.82, 2.24) is 5.32 Å². The molecule has 0 fully saturated rings. The lowest BCUT2D eigenvalue weighted by molar-refractivity contribution is 0.103. The van der Waals surface area contributed by atoms with Gasteiger partial charge >= 0.3 is 0 Å². The summed E-state index contributed by atoms with van der Waals surface area (Å²) in [5.74, 6) is 0.0277. The number of benzene rings is 2. The van der Waals surface area contributed by atoms with Gasteiger partial charge in [-0.25, -0.2) is 0 Å². The van der Waals surface area contributed by atoms with Crippen LogP contribution in [0.5, 0.6) is 0 Å². The second-order valence-electron chi connectivity index (χ2n) is 6.89. The number of hydrogen-bond acceptors (Lipinski definition) is 4. The summed E-state index contributed by atoms with van der Waals surface area (Å²) in [6, 6.07) is 7.79. The Hall–Kier alpha value is -2.59. The molecular weight excluding hydrogens is 322 g/mol. The molecule has 2 aromatic carbocycles. The number of carbonyl (C=O) groups is 1. The number of nitrogens with one attached hydrogen (secondary N) is 2. The summed E-state index contributed by atoms with van der Waals surface area (Å²) >= 11 is 0. The van der Waals surface area contributed by atoms with E-state index < -0.39 is 0 Å². The van der Waals surface area contributed by atoms with Crippen molar-refractivity contribution in [3.8, 4) is 0 Å². The van der Waals surface area contributed by atoms with Gasteiger partial charge in [0.15, 0.2) is 5.78 Å². The summed E-state index contributed by atoms with van der Waals surface area (Å²) in [5.41, 5.74) is 13.6. The van der Waals surface area contributed by atoms with Crippen LogP contribution in [0.2, 0.25) is 0 Å². The quantitative estimate of drug-likeness (QED) is 0.466. The van der Waals surface area contributed by atoms with Crippen LogP contribution >= 0.6 is 0 Å². The van der Waals surface area contributed by atoms with Crippen LogP contribution in [0, 0.1) is 13.8 Å². The number of carbonyl (C=O) groups excluding carboxylic acids is 1. The van der Waals surface area contributed by atoms with Crippen LogP contribution in [0.4, 0.5) is 11.4 Å². The Balaban J connectivity index is 2.04. The third-order valence-electron chi connectivity index (χ3n) is 4.96. The third kappa shape index (κ3) is 3.01. The van der Waals surface area contributed by atoms with Crippen LogP contribution < -0.4 is 16.4 Å². The SMILES string of the molecule is C=C1c2c(C)ccc(C)c2C(=O)c2c(NCCNCCC)ccc(N)c21. The number of nitrogens with two attached hydrogens (primary N) is 1. The zero-order valence-electron chi connectivity index (χ0n) is 15.8. The highest BCUT2D eigenvalue weighted by Gasteiger charge is 2.32. The molecule has 4 N–H and O–H groups in total.